The van der Waals surface area contributed by atoms with E-state index in [9.17, 15) is 9.59 Å². The number of esters is 2. The van der Waals surface area contributed by atoms with Gasteiger partial charge in [-0.3, -0.25) is 9.69 Å². The Kier molecular flexibility index (Phi) is 6.01. The van der Waals surface area contributed by atoms with Gasteiger partial charge in [0.25, 0.3) is 0 Å². The SMILES string of the molecule is CCOC(=O)c1oc2cc(OC)ccc2c1CN1CCC[C@H]1C(=O)OCC. The number of furan rings is 1. The molecule has 146 valence electrons. The molecular weight excluding hydrogens is 350 g/mol. The molecule has 0 N–H and O–H groups in total. The Balaban J connectivity index is 1.97. The highest BCUT2D eigenvalue weighted by Crippen LogP contribution is 2.32. The first-order chi connectivity index (χ1) is 13.1. The van der Waals surface area contributed by atoms with Crippen LogP contribution >= 0.6 is 0 Å². The van der Waals surface area contributed by atoms with Gasteiger partial charge in [-0.25, -0.2) is 4.79 Å². The van der Waals surface area contributed by atoms with Gasteiger partial charge in [0, 0.05) is 23.6 Å². The Hall–Kier alpha value is -2.54. The molecule has 1 aliphatic rings. The zero-order valence-electron chi connectivity index (χ0n) is 15.9. The lowest BCUT2D eigenvalue weighted by Gasteiger charge is -2.22. The molecule has 0 unspecified atom stereocenters. The lowest BCUT2D eigenvalue weighted by molar-refractivity contribution is -0.148. The van der Waals surface area contributed by atoms with Crippen LogP contribution in [-0.4, -0.2) is 49.7 Å². The third-order valence-electron chi connectivity index (χ3n) is 4.74. The molecule has 0 spiro atoms. The van der Waals surface area contributed by atoms with Crippen molar-refractivity contribution in [2.75, 3.05) is 26.9 Å². The van der Waals surface area contributed by atoms with Crippen molar-refractivity contribution < 1.29 is 28.2 Å². The summed E-state index contributed by atoms with van der Waals surface area (Å²) in [5.74, 6) is 0.0927. The standard InChI is InChI=1S/C20H25NO6/c1-4-25-19(22)16-7-6-10-21(16)12-15-14-9-8-13(24-3)11-17(14)27-18(15)20(23)26-5-2/h8-9,11,16H,4-7,10,12H2,1-3H3/t16-/m0/s1. The van der Waals surface area contributed by atoms with Crippen molar-refractivity contribution in [3.05, 3.63) is 29.5 Å². The van der Waals surface area contributed by atoms with Crippen LogP contribution < -0.4 is 4.74 Å². The average Bonchev–Trinajstić information content (AvgIpc) is 3.27. The minimum absolute atomic E-state index is 0.176. The van der Waals surface area contributed by atoms with Gasteiger partial charge in [0.05, 0.1) is 20.3 Å². The number of benzene rings is 1. The highest BCUT2D eigenvalue weighted by Gasteiger charge is 2.34. The zero-order valence-corrected chi connectivity index (χ0v) is 15.9. The van der Waals surface area contributed by atoms with Crippen molar-refractivity contribution in [2.24, 2.45) is 0 Å². The molecule has 1 aliphatic heterocycles. The van der Waals surface area contributed by atoms with Crippen molar-refractivity contribution in [1.29, 1.82) is 0 Å². The maximum Gasteiger partial charge on any atom is 0.374 e. The van der Waals surface area contributed by atoms with E-state index in [-0.39, 0.29) is 24.4 Å². The molecule has 0 bridgehead atoms. The molecule has 1 saturated heterocycles. The summed E-state index contributed by atoms with van der Waals surface area (Å²) in [6, 6.07) is 5.13. The molecular formula is C20H25NO6. The Bertz CT molecular complexity index is 827. The minimum Gasteiger partial charge on any atom is -0.497 e. The van der Waals surface area contributed by atoms with Crippen LogP contribution in [0, 0.1) is 0 Å². The quantitative estimate of drug-likeness (QED) is 0.688. The molecule has 27 heavy (non-hydrogen) atoms. The van der Waals surface area contributed by atoms with Crippen molar-refractivity contribution in [3.63, 3.8) is 0 Å². The number of nitrogens with zero attached hydrogens (tertiary/aromatic N) is 1. The van der Waals surface area contributed by atoms with Gasteiger partial charge in [0.1, 0.15) is 17.4 Å². The number of rotatable bonds is 7. The Morgan fingerprint density at radius 3 is 2.70 bits per heavy atom. The summed E-state index contributed by atoms with van der Waals surface area (Å²) in [5.41, 5.74) is 1.28. The number of fused-ring (bicyclic) bond motifs is 1. The van der Waals surface area contributed by atoms with Gasteiger partial charge in [0.15, 0.2) is 0 Å². The summed E-state index contributed by atoms with van der Waals surface area (Å²) >= 11 is 0. The van der Waals surface area contributed by atoms with Gasteiger partial charge < -0.3 is 18.6 Å². The van der Waals surface area contributed by atoms with Gasteiger partial charge >= 0.3 is 11.9 Å². The zero-order chi connectivity index (χ0) is 19.4. The maximum absolute atomic E-state index is 12.4. The van der Waals surface area contributed by atoms with Crippen LogP contribution in [0.4, 0.5) is 0 Å². The first-order valence-corrected chi connectivity index (χ1v) is 9.26. The molecule has 7 heteroatoms. The van der Waals surface area contributed by atoms with Crippen LogP contribution in [-0.2, 0) is 20.8 Å². The summed E-state index contributed by atoms with van der Waals surface area (Å²) in [7, 11) is 1.57. The molecule has 2 aromatic rings. The number of carbonyl (C=O) groups excluding carboxylic acids is 2. The third-order valence-corrected chi connectivity index (χ3v) is 4.74. The molecule has 2 heterocycles. The smallest absolute Gasteiger partial charge is 0.374 e. The van der Waals surface area contributed by atoms with Gasteiger partial charge in [-0.05, 0) is 45.4 Å². The van der Waals surface area contributed by atoms with E-state index in [1.165, 1.54) is 0 Å². The van der Waals surface area contributed by atoms with E-state index in [4.69, 9.17) is 18.6 Å². The molecule has 1 atom stereocenters. The van der Waals surface area contributed by atoms with Gasteiger partial charge in [0.2, 0.25) is 5.76 Å². The predicted octanol–water partition coefficient (Wildman–Crippen LogP) is 3.15. The highest BCUT2D eigenvalue weighted by atomic mass is 16.5. The van der Waals surface area contributed by atoms with E-state index >= 15 is 0 Å². The molecule has 1 fully saturated rings. The number of hydrogen-bond acceptors (Lipinski definition) is 7. The normalized spacial score (nSPS) is 17.2. The summed E-state index contributed by atoms with van der Waals surface area (Å²) < 4.78 is 21.4. The van der Waals surface area contributed by atoms with E-state index in [1.807, 2.05) is 17.0 Å². The predicted molar refractivity (Wildman–Crippen MR) is 98.8 cm³/mol. The highest BCUT2D eigenvalue weighted by molar-refractivity contribution is 5.96. The second-order valence-electron chi connectivity index (χ2n) is 6.37. The molecule has 0 amide bonds. The lowest BCUT2D eigenvalue weighted by atomic mass is 10.1. The van der Waals surface area contributed by atoms with Crippen molar-refractivity contribution in [2.45, 2.75) is 39.3 Å². The molecule has 1 aromatic heterocycles. The summed E-state index contributed by atoms with van der Waals surface area (Å²) in [4.78, 5) is 26.7. The fraction of sp³-hybridized carbons (Fsp3) is 0.500. The maximum atomic E-state index is 12.4. The number of likely N-dealkylation sites (tertiary alicyclic amines) is 1. The largest absolute Gasteiger partial charge is 0.497 e. The van der Waals surface area contributed by atoms with Crippen LogP contribution in [0.15, 0.2) is 22.6 Å². The van der Waals surface area contributed by atoms with Gasteiger partial charge in [-0.1, -0.05) is 0 Å². The van der Waals surface area contributed by atoms with E-state index in [0.717, 1.165) is 30.3 Å². The van der Waals surface area contributed by atoms with E-state index in [0.29, 0.717) is 24.5 Å². The Morgan fingerprint density at radius 1 is 1.22 bits per heavy atom. The monoisotopic (exact) mass is 375 g/mol. The molecule has 0 radical (unpaired) electrons. The topological polar surface area (TPSA) is 78.2 Å². The number of methoxy groups -OCH3 is 1. The van der Waals surface area contributed by atoms with Crippen LogP contribution in [0.2, 0.25) is 0 Å². The van der Waals surface area contributed by atoms with Crippen LogP contribution in [0.3, 0.4) is 0 Å². The number of ether oxygens (including phenoxy) is 3. The second kappa shape index (κ2) is 8.43. The molecule has 0 saturated carbocycles. The number of hydrogen-bond donors (Lipinski definition) is 0. The summed E-state index contributed by atoms with van der Waals surface area (Å²) in [6.45, 7) is 5.33. The minimum atomic E-state index is -0.505. The van der Waals surface area contributed by atoms with Gasteiger partial charge in [-0.15, -0.1) is 0 Å². The van der Waals surface area contributed by atoms with Crippen molar-refractivity contribution >= 4 is 22.9 Å². The lowest BCUT2D eigenvalue weighted by Crippen LogP contribution is -2.37. The Morgan fingerprint density at radius 2 is 2.00 bits per heavy atom. The average molecular weight is 375 g/mol. The van der Waals surface area contributed by atoms with E-state index in [1.54, 1.807) is 27.0 Å². The third kappa shape index (κ3) is 3.93. The summed E-state index contributed by atoms with van der Waals surface area (Å²) in [6.07, 6.45) is 1.65. The molecule has 0 aliphatic carbocycles. The Labute approximate surface area is 158 Å². The van der Waals surface area contributed by atoms with E-state index < -0.39 is 5.97 Å². The second-order valence-corrected chi connectivity index (χ2v) is 6.37. The van der Waals surface area contributed by atoms with Crippen LogP contribution in [0.5, 0.6) is 5.75 Å². The molecule has 3 rings (SSSR count). The molecule has 1 aromatic carbocycles. The summed E-state index contributed by atoms with van der Waals surface area (Å²) in [5, 5.41) is 0.813. The van der Waals surface area contributed by atoms with Crippen molar-refractivity contribution in [3.8, 4) is 5.75 Å². The first-order valence-electron chi connectivity index (χ1n) is 9.26. The van der Waals surface area contributed by atoms with Crippen LogP contribution in [0.1, 0.15) is 42.8 Å². The first kappa shape index (κ1) is 19.2. The fourth-order valence-electron chi connectivity index (χ4n) is 3.50. The van der Waals surface area contributed by atoms with E-state index in [2.05, 4.69) is 0 Å². The van der Waals surface area contributed by atoms with Crippen LogP contribution in [0.25, 0.3) is 11.0 Å². The van der Waals surface area contributed by atoms with Crippen molar-refractivity contribution in [1.82, 2.24) is 4.90 Å². The number of carbonyl (C=O) groups is 2. The molecule has 7 nitrogen and oxygen atoms in total. The fourth-order valence-corrected chi connectivity index (χ4v) is 3.50. The van der Waals surface area contributed by atoms with Gasteiger partial charge in [-0.2, -0.15) is 0 Å².